The Morgan fingerprint density at radius 3 is 2.50 bits per heavy atom. The maximum atomic E-state index is 12.2. The third-order valence-corrected chi connectivity index (χ3v) is 6.08. The van der Waals surface area contributed by atoms with Crippen LogP contribution in [0.2, 0.25) is 0 Å². The molecule has 0 spiro atoms. The Morgan fingerprint density at radius 2 is 1.85 bits per heavy atom. The number of anilines is 1. The molecule has 0 unspecified atom stereocenters. The lowest BCUT2D eigenvalue weighted by Gasteiger charge is -2.30. The number of carbonyl (C=O) groups excluding carboxylic acids is 1. The number of urea groups is 1. The second-order valence-electron chi connectivity index (χ2n) is 8.86. The molecule has 2 heterocycles. The second-order valence-corrected chi connectivity index (χ2v) is 8.86. The molecule has 1 fully saturated rings. The molecule has 0 saturated heterocycles. The molecule has 0 atom stereocenters. The summed E-state index contributed by atoms with van der Waals surface area (Å²) in [5.41, 5.74) is 3.95. The largest absolute Gasteiger partial charge is 0.424 e. The van der Waals surface area contributed by atoms with Gasteiger partial charge < -0.3 is 14.6 Å². The Bertz CT molecular complexity index is 1300. The van der Waals surface area contributed by atoms with Crippen molar-refractivity contribution in [3.8, 4) is 23.0 Å². The number of hydrogen-bond donors (Lipinski definition) is 2. The Kier molecular flexibility index (Phi) is 5.90. The smallest absolute Gasteiger partial charge is 0.336 e. The maximum absolute atomic E-state index is 12.2. The van der Waals surface area contributed by atoms with Crippen LogP contribution in [0.25, 0.3) is 22.2 Å². The highest BCUT2D eigenvalue weighted by Gasteiger charge is 2.25. The topological polar surface area (TPSA) is 98.3 Å². The van der Waals surface area contributed by atoms with Gasteiger partial charge in [0.25, 0.3) is 0 Å². The molecule has 34 heavy (non-hydrogen) atoms. The zero-order chi connectivity index (χ0) is 23.7. The molecular formula is C26H28N6O2. The normalized spacial score (nSPS) is 13.6. The SMILES string of the molecule is CC(C)NC(=O)N(N)c1ccc(-c2cc3ccc(Oc4ncccn4)cc3n2C2CCC2)cc1. The van der Waals surface area contributed by atoms with Gasteiger partial charge in [0.15, 0.2) is 0 Å². The molecule has 3 N–H and O–H groups in total. The lowest BCUT2D eigenvalue weighted by Crippen LogP contribution is -2.47. The molecule has 2 aromatic carbocycles. The Hall–Kier alpha value is -3.91. The van der Waals surface area contributed by atoms with Crippen molar-refractivity contribution in [1.29, 1.82) is 0 Å². The van der Waals surface area contributed by atoms with Crippen LogP contribution in [0.15, 0.2) is 67.0 Å². The van der Waals surface area contributed by atoms with Crippen LogP contribution in [0.1, 0.15) is 39.2 Å². The number of benzene rings is 2. The zero-order valence-electron chi connectivity index (χ0n) is 19.3. The molecule has 4 aromatic rings. The van der Waals surface area contributed by atoms with Gasteiger partial charge in [0.05, 0.1) is 11.2 Å². The highest BCUT2D eigenvalue weighted by molar-refractivity contribution is 5.92. The number of nitrogens with one attached hydrogen (secondary N) is 1. The molecule has 8 nitrogen and oxygen atoms in total. The molecule has 0 bridgehead atoms. The number of carbonyl (C=O) groups is 1. The first-order chi connectivity index (χ1) is 16.5. The van der Waals surface area contributed by atoms with Crippen LogP contribution in [0.3, 0.4) is 0 Å². The third kappa shape index (κ3) is 4.32. The minimum Gasteiger partial charge on any atom is -0.424 e. The lowest BCUT2D eigenvalue weighted by molar-refractivity contribution is 0.244. The van der Waals surface area contributed by atoms with Crippen molar-refractivity contribution >= 4 is 22.6 Å². The minimum atomic E-state index is -0.332. The van der Waals surface area contributed by atoms with E-state index in [1.165, 1.54) is 6.42 Å². The van der Waals surface area contributed by atoms with Gasteiger partial charge in [0, 0.05) is 41.6 Å². The average molecular weight is 457 g/mol. The predicted octanol–water partition coefficient (Wildman–Crippen LogP) is 5.41. The zero-order valence-corrected chi connectivity index (χ0v) is 19.3. The van der Waals surface area contributed by atoms with Gasteiger partial charge >= 0.3 is 12.0 Å². The lowest BCUT2D eigenvalue weighted by atomic mass is 9.92. The summed E-state index contributed by atoms with van der Waals surface area (Å²) in [5, 5.41) is 5.09. The van der Waals surface area contributed by atoms with Gasteiger partial charge in [-0.3, -0.25) is 0 Å². The molecule has 1 aliphatic rings. The molecule has 2 aromatic heterocycles. The third-order valence-electron chi connectivity index (χ3n) is 6.08. The molecule has 5 rings (SSSR count). The fraction of sp³-hybridized carbons (Fsp3) is 0.269. The first kappa shape index (κ1) is 21.9. The maximum Gasteiger partial charge on any atom is 0.336 e. The Labute approximate surface area is 198 Å². The number of nitrogens with zero attached hydrogens (tertiary/aromatic N) is 4. The van der Waals surface area contributed by atoms with Crippen molar-refractivity contribution in [3.05, 3.63) is 67.0 Å². The Balaban J connectivity index is 1.48. The van der Waals surface area contributed by atoms with Crippen LogP contribution < -0.4 is 20.9 Å². The highest BCUT2D eigenvalue weighted by atomic mass is 16.5. The van der Waals surface area contributed by atoms with Crippen molar-refractivity contribution in [1.82, 2.24) is 19.9 Å². The standard InChI is InChI=1S/C26H28N6O2/c1-17(2)30-26(33)32(27)21-10-7-18(8-11-21)23-15-19-9-12-22(34-25-28-13-4-14-29-25)16-24(19)31(23)20-5-3-6-20/h4,7-17,20H,3,5-6,27H2,1-2H3,(H,30,33). The van der Waals surface area contributed by atoms with Crippen LogP contribution in [-0.4, -0.2) is 26.6 Å². The van der Waals surface area contributed by atoms with E-state index in [-0.39, 0.29) is 12.1 Å². The summed E-state index contributed by atoms with van der Waals surface area (Å²) in [6, 6.07) is 18.2. The first-order valence-electron chi connectivity index (χ1n) is 11.6. The summed E-state index contributed by atoms with van der Waals surface area (Å²) < 4.78 is 8.29. The van der Waals surface area contributed by atoms with Gasteiger partial charge in [0.2, 0.25) is 0 Å². The van der Waals surface area contributed by atoms with Crippen LogP contribution in [0.4, 0.5) is 10.5 Å². The van der Waals surface area contributed by atoms with Crippen molar-refractivity contribution in [3.63, 3.8) is 0 Å². The van der Waals surface area contributed by atoms with Crippen molar-refractivity contribution in [2.24, 2.45) is 5.84 Å². The molecule has 8 heteroatoms. The first-order valence-corrected chi connectivity index (χ1v) is 11.6. The van der Waals surface area contributed by atoms with E-state index in [0.29, 0.717) is 23.5 Å². The van der Waals surface area contributed by atoms with Gasteiger partial charge in [-0.1, -0.05) is 12.1 Å². The molecular weight excluding hydrogens is 428 g/mol. The van der Waals surface area contributed by atoms with Crippen molar-refractivity contribution in [2.75, 3.05) is 5.01 Å². The minimum absolute atomic E-state index is 0.0123. The molecule has 0 aliphatic heterocycles. The number of hydrogen-bond acceptors (Lipinski definition) is 5. The number of fused-ring (bicyclic) bond motifs is 1. The number of aromatic nitrogens is 3. The molecule has 1 saturated carbocycles. The van der Waals surface area contributed by atoms with E-state index in [9.17, 15) is 4.79 Å². The number of amides is 2. The second kappa shape index (κ2) is 9.15. The highest BCUT2D eigenvalue weighted by Crippen LogP contribution is 2.41. The number of hydrazine groups is 1. The quantitative estimate of drug-likeness (QED) is 0.230. The van der Waals surface area contributed by atoms with Gasteiger partial charge in [-0.05, 0) is 75.1 Å². The van der Waals surface area contributed by atoms with E-state index in [1.54, 1.807) is 18.5 Å². The number of rotatable bonds is 6. The summed E-state index contributed by atoms with van der Waals surface area (Å²) in [6.07, 6.45) is 6.84. The van der Waals surface area contributed by atoms with E-state index >= 15 is 0 Å². The van der Waals surface area contributed by atoms with Crippen LogP contribution >= 0.6 is 0 Å². The summed E-state index contributed by atoms with van der Waals surface area (Å²) >= 11 is 0. The summed E-state index contributed by atoms with van der Waals surface area (Å²) in [6.45, 7) is 3.80. The number of ether oxygens (including phenoxy) is 1. The molecule has 1 aliphatic carbocycles. The van der Waals surface area contributed by atoms with Gasteiger partial charge in [0.1, 0.15) is 5.75 Å². The molecule has 174 valence electrons. The Morgan fingerprint density at radius 1 is 1.12 bits per heavy atom. The van der Waals surface area contributed by atoms with E-state index in [0.717, 1.165) is 40.0 Å². The van der Waals surface area contributed by atoms with E-state index in [4.69, 9.17) is 10.6 Å². The monoisotopic (exact) mass is 456 g/mol. The molecule has 0 radical (unpaired) electrons. The van der Waals surface area contributed by atoms with E-state index in [1.807, 2.05) is 44.2 Å². The van der Waals surface area contributed by atoms with Gasteiger partial charge in [-0.15, -0.1) is 0 Å². The van der Waals surface area contributed by atoms with Crippen molar-refractivity contribution in [2.45, 2.75) is 45.2 Å². The summed E-state index contributed by atoms with van der Waals surface area (Å²) in [4.78, 5) is 20.6. The number of nitrogens with two attached hydrogens (primary N) is 1. The fourth-order valence-electron chi connectivity index (χ4n) is 4.20. The predicted molar refractivity (Wildman–Crippen MR) is 133 cm³/mol. The van der Waals surface area contributed by atoms with Crippen LogP contribution in [0, 0.1) is 0 Å². The molecule has 2 amide bonds. The van der Waals surface area contributed by atoms with Gasteiger partial charge in [-0.2, -0.15) is 0 Å². The summed E-state index contributed by atoms with van der Waals surface area (Å²) in [7, 11) is 0. The average Bonchev–Trinajstić information content (AvgIpc) is 3.16. The van der Waals surface area contributed by atoms with E-state index in [2.05, 4.69) is 38.1 Å². The summed E-state index contributed by atoms with van der Waals surface area (Å²) in [5.74, 6) is 6.72. The van der Waals surface area contributed by atoms with Gasteiger partial charge in [-0.25, -0.2) is 25.6 Å². The van der Waals surface area contributed by atoms with E-state index < -0.39 is 0 Å². The fourth-order valence-corrected chi connectivity index (χ4v) is 4.20. The van der Waals surface area contributed by atoms with Crippen LogP contribution in [0.5, 0.6) is 11.8 Å². The van der Waals surface area contributed by atoms with Crippen molar-refractivity contribution < 1.29 is 9.53 Å². The van der Waals surface area contributed by atoms with Crippen LogP contribution in [-0.2, 0) is 0 Å².